The van der Waals surface area contributed by atoms with E-state index in [1.165, 1.54) is 49.2 Å². The molecule has 148 valence electrons. The second kappa shape index (κ2) is 8.09. The number of nitrogens with one attached hydrogen (secondary N) is 1. The van der Waals surface area contributed by atoms with Gasteiger partial charge in [-0.05, 0) is 62.8 Å². The number of aryl methyl sites for hydroxylation is 1. The molecule has 0 amide bonds. The minimum Gasteiger partial charge on any atom is -0.368 e. The smallest absolute Gasteiger partial charge is 0.193 e. The van der Waals surface area contributed by atoms with Gasteiger partial charge in [-0.25, -0.2) is 0 Å². The highest BCUT2D eigenvalue weighted by molar-refractivity contribution is 5.80. The van der Waals surface area contributed by atoms with Crippen molar-refractivity contribution < 1.29 is 0 Å². The van der Waals surface area contributed by atoms with Crippen molar-refractivity contribution in [1.29, 1.82) is 0 Å². The Balaban J connectivity index is 1.27. The highest BCUT2D eigenvalue weighted by Gasteiger charge is 2.34. The number of nitrogens with zero attached hydrogens (tertiary/aromatic N) is 4. The average molecular weight is 370 g/mol. The van der Waals surface area contributed by atoms with Gasteiger partial charge in [-0.3, -0.25) is 4.99 Å². The Labute approximate surface area is 164 Å². The number of benzene rings is 1. The van der Waals surface area contributed by atoms with E-state index >= 15 is 0 Å². The Bertz CT molecular complexity index is 673. The molecule has 3 aliphatic rings. The first-order valence-electron chi connectivity index (χ1n) is 10.7. The molecule has 4 rings (SSSR count). The molecule has 27 heavy (non-hydrogen) atoms. The van der Waals surface area contributed by atoms with E-state index in [4.69, 9.17) is 0 Å². The first-order valence-corrected chi connectivity index (χ1v) is 10.7. The summed E-state index contributed by atoms with van der Waals surface area (Å²) in [5, 5.41) is 3.67. The molecule has 1 N–H and O–H groups in total. The zero-order valence-electron chi connectivity index (χ0n) is 17.2. The molecule has 1 unspecified atom stereocenters. The molecule has 1 aromatic rings. The number of rotatable bonds is 4. The third-order valence-corrected chi connectivity index (χ3v) is 6.64. The van der Waals surface area contributed by atoms with Crippen molar-refractivity contribution in [2.75, 3.05) is 57.8 Å². The van der Waals surface area contributed by atoms with Gasteiger partial charge in [-0.1, -0.05) is 12.1 Å². The van der Waals surface area contributed by atoms with Crippen LogP contribution in [0, 0.1) is 19.8 Å². The monoisotopic (exact) mass is 369 g/mol. The summed E-state index contributed by atoms with van der Waals surface area (Å²) < 4.78 is 0. The standard InChI is InChI=1S/C22H35N5/c1-17-5-4-6-21(18(17)2)25-11-13-26(14-12-25)22(23-3)24-15-19-9-10-27(16-19)20-7-8-20/h4-6,19-20H,7-16H2,1-3H3,(H,23,24). The summed E-state index contributed by atoms with van der Waals surface area (Å²) in [6.45, 7) is 12.3. The van der Waals surface area contributed by atoms with E-state index in [0.29, 0.717) is 0 Å². The van der Waals surface area contributed by atoms with E-state index in [-0.39, 0.29) is 0 Å². The second-order valence-corrected chi connectivity index (χ2v) is 8.50. The van der Waals surface area contributed by atoms with Crippen LogP contribution in [0.15, 0.2) is 23.2 Å². The minimum absolute atomic E-state index is 0.776. The summed E-state index contributed by atoms with van der Waals surface area (Å²) in [5.74, 6) is 1.86. The first kappa shape index (κ1) is 18.6. The zero-order chi connectivity index (χ0) is 18.8. The highest BCUT2D eigenvalue weighted by Crippen LogP contribution is 2.31. The van der Waals surface area contributed by atoms with E-state index in [1.807, 2.05) is 7.05 Å². The number of aliphatic imine (C=N–C) groups is 1. The van der Waals surface area contributed by atoms with E-state index < -0.39 is 0 Å². The molecule has 0 radical (unpaired) electrons. The number of likely N-dealkylation sites (tertiary alicyclic amines) is 1. The lowest BCUT2D eigenvalue weighted by molar-refractivity contribution is 0.312. The molecule has 2 heterocycles. The van der Waals surface area contributed by atoms with Gasteiger partial charge in [-0.2, -0.15) is 0 Å². The van der Waals surface area contributed by atoms with Crippen LogP contribution in [0.1, 0.15) is 30.4 Å². The molecule has 1 aromatic carbocycles. The van der Waals surface area contributed by atoms with Gasteiger partial charge in [0.2, 0.25) is 0 Å². The highest BCUT2D eigenvalue weighted by atomic mass is 15.3. The number of anilines is 1. The van der Waals surface area contributed by atoms with Gasteiger partial charge in [0.15, 0.2) is 5.96 Å². The largest absolute Gasteiger partial charge is 0.368 e. The van der Waals surface area contributed by atoms with Crippen LogP contribution in [0.4, 0.5) is 5.69 Å². The van der Waals surface area contributed by atoms with Crippen LogP contribution < -0.4 is 10.2 Å². The van der Waals surface area contributed by atoms with Crippen molar-refractivity contribution in [3.63, 3.8) is 0 Å². The molecule has 1 saturated carbocycles. The molecule has 5 nitrogen and oxygen atoms in total. The minimum atomic E-state index is 0.776. The lowest BCUT2D eigenvalue weighted by Crippen LogP contribution is -2.53. The van der Waals surface area contributed by atoms with Gasteiger partial charge in [0.1, 0.15) is 0 Å². The molecule has 5 heteroatoms. The SMILES string of the molecule is CN=C(NCC1CCN(C2CC2)C1)N1CCN(c2cccc(C)c2C)CC1. The number of hydrogen-bond acceptors (Lipinski definition) is 3. The van der Waals surface area contributed by atoms with Crippen LogP contribution in [0.3, 0.4) is 0 Å². The Hall–Kier alpha value is -1.75. The first-order chi connectivity index (χ1) is 13.2. The lowest BCUT2D eigenvalue weighted by atomic mass is 10.1. The Morgan fingerprint density at radius 2 is 1.85 bits per heavy atom. The van der Waals surface area contributed by atoms with Crippen molar-refractivity contribution in [3.05, 3.63) is 29.3 Å². The van der Waals surface area contributed by atoms with Crippen molar-refractivity contribution >= 4 is 11.6 Å². The van der Waals surface area contributed by atoms with Gasteiger partial charge < -0.3 is 20.0 Å². The fraction of sp³-hybridized carbons (Fsp3) is 0.682. The molecular formula is C22H35N5. The predicted octanol–water partition coefficient (Wildman–Crippen LogP) is 2.49. The lowest BCUT2D eigenvalue weighted by Gasteiger charge is -2.38. The molecule has 3 fully saturated rings. The molecule has 0 spiro atoms. The molecule has 0 aromatic heterocycles. The van der Waals surface area contributed by atoms with Gasteiger partial charge in [0.25, 0.3) is 0 Å². The van der Waals surface area contributed by atoms with Crippen molar-refractivity contribution in [2.24, 2.45) is 10.9 Å². The topological polar surface area (TPSA) is 34.1 Å². The number of guanidine groups is 1. The third kappa shape index (κ3) is 4.23. The van der Waals surface area contributed by atoms with Crippen molar-refractivity contribution in [1.82, 2.24) is 15.1 Å². The maximum absolute atomic E-state index is 4.57. The quantitative estimate of drug-likeness (QED) is 0.653. The molecule has 0 bridgehead atoms. The van der Waals surface area contributed by atoms with Gasteiger partial charge in [0, 0.05) is 58.0 Å². The van der Waals surface area contributed by atoms with Crippen LogP contribution >= 0.6 is 0 Å². The van der Waals surface area contributed by atoms with E-state index in [1.54, 1.807) is 0 Å². The van der Waals surface area contributed by atoms with Gasteiger partial charge in [-0.15, -0.1) is 0 Å². The summed E-state index contributed by atoms with van der Waals surface area (Å²) in [6, 6.07) is 7.55. The molecule has 1 aliphatic carbocycles. The van der Waals surface area contributed by atoms with Gasteiger partial charge in [0.05, 0.1) is 0 Å². The summed E-state index contributed by atoms with van der Waals surface area (Å²) in [4.78, 5) is 12.2. The van der Waals surface area contributed by atoms with Crippen molar-refractivity contribution in [3.8, 4) is 0 Å². The van der Waals surface area contributed by atoms with Gasteiger partial charge >= 0.3 is 0 Å². The Kier molecular flexibility index (Phi) is 5.58. The van der Waals surface area contributed by atoms with Crippen LogP contribution in [0.5, 0.6) is 0 Å². The number of piperazine rings is 1. The third-order valence-electron chi connectivity index (χ3n) is 6.64. The predicted molar refractivity (Wildman–Crippen MR) is 114 cm³/mol. The molecule has 2 saturated heterocycles. The second-order valence-electron chi connectivity index (χ2n) is 8.50. The normalized spacial score (nSPS) is 24.6. The Morgan fingerprint density at radius 1 is 1.07 bits per heavy atom. The molecule has 2 aliphatic heterocycles. The maximum atomic E-state index is 4.57. The summed E-state index contributed by atoms with van der Waals surface area (Å²) in [7, 11) is 1.92. The fourth-order valence-electron chi connectivity index (χ4n) is 4.61. The average Bonchev–Trinajstić information content (AvgIpc) is 3.44. The van der Waals surface area contributed by atoms with E-state index in [2.05, 4.69) is 57.1 Å². The van der Waals surface area contributed by atoms with Crippen LogP contribution in [-0.2, 0) is 0 Å². The van der Waals surface area contributed by atoms with Crippen LogP contribution in [0.25, 0.3) is 0 Å². The maximum Gasteiger partial charge on any atom is 0.193 e. The van der Waals surface area contributed by atoms with E-state index in [0.717, 1.165) is 50.6 Å². The van der Waals surface area contributed by atoms with Crippen LogP contribution in [0.2, 0.25) is 0 Å². The summed E-state index contributed by atoms with van der Waals surface area (Å²) >= 11 is 0. The molecular weight excluding hydrogens is 334 g/mol. The zero-order valence-corrected chi connectivity index (χ0v) is 17.2. The summed E-state index contributed by atoms with van der Waals surface area (Å²) in [6.07, 6.45) is 4.18. The Morgan fingerprint density at radius 3 is 2.56 bits per heavy atom. The van der Waals surface area contributed by atoms with E-state index in [9.17, 15) is 0 Å². The van der Waals surface area contributed by atoms with Crippen molar-refractivity contribution in [2.45, 2.75) is 39.2 Å². The number of hydrogen-bond donors (Lipinski definition) is 1. The molecule has 1 atom stereocenters. The summed E-state index contributed by atoms with van der Waals surface area (Å²) in [5.41, 5.74) is 4.18. The van der Waals surface area contributed by atoms with Crippen LogP contribution in [-0.4, -0.2) is 74.7 Å². The fourth-order valence-corrected chi connectivity index (χ4v) is 4.61.